The summed E-state index contributed by atoms with van der Waals surface area (Å²) in [6.07, 6.45) is 8.52. The van der Waals surface area contributed by atoms with Gasteiger partial charge in [-0.25, -0.2) is 0 Å². The number of carboxylic acids is 1. The Hall–Kier alpha value is -1.35. The van der Waals surface area contributed by atoms with Gasteiger partial charge in [0.15, 0.2) is 0 Å². The Morgan fingerprint density at radius 3 is 2.38 bits per heavy atom. The maximum absolute atomic E-state index is 11.8. The fraction of sp³-hybridized carbons (Fsp3) is 0.696. The van der Waals surface area contributed by atoms with Crippen LogP contribution in [0.2, 0.25) is 0 Å². The van der Waals surface area contributed by atoms with Gasteiger partial charge in [-0.2, -0.15) is 0 Å². The molecule has 0 amide bonds. The molecule has 0 radical (unpaired) electrons. The summed E-state index contributed by atoms with van der Waals surface area (Å²) >= 11 is 0. The first-order chi connectivity index (χ1) is 12.5. The van der Waals surface area contributed by atoms with Crippen LogP contribution in [0.3, 0.4) is 0 Å². The first-order valence-electron chi connectivity index (χ1n) is 10.6. The van der Waals surface area contributed by atoms with Crippen LogP contribution in [-0.2, 0) is 10.2 Å². The molecule has 1 atom stereocenters. The van der Waals surface area contributed by atoms with Gasteiger partial charge < -0.3 is 10.0 Å². The highest BCUT2D eigenvalue weighted by molar-refractivity contribution is 5.78. The molecule has 2 fully saturated rings. The molecule has 1 saturated carbocycles. The average molecular weight is 356 g/mol. The lowest BCUT2D eigenvalue weighted by atomic mass is 9.72. The Morgan fingerprint density at radius 1 is 1.12 bits per heavy atom. The minimum absolute atomic E-state index is 0.102. The van der Waals surface area contributed by atoms with Crippen LogP contribution >= 0.6 is 0 Å². The van der Waals surface area contributed by atoms with Crippen molar-refractivity contribution in [3.8, 4) is 0 Å². The van der Waals surface area contributed by atoms with E-state index in [0.717, 1.165) is 55.8 Å². The lowest BCUT2D eigenvalue weighted by molar-refractivity contribution is -0.139. The van der Waals surface area contributed by atoms with Crippen molar-refractivity contribution in [1.29, 1.82) is 0 Å². The van der Waals surface area contributed by atoms with E-state index in [-0.39, 0.29) is 11.3 Å². The van der Waals surface area contributed by atoms with E-state index in [2.05, 4.69) is 30.9 Å². The SMILES string of the molecule is CC(C)C1CCC(N2CCC3(CC2)CC(C(=O)O)c2ccccc23)CC1. The van der Waals surface area contributed by atoms with E-state index < -0.39 is 5.97 Å². The van der Waals surface area contributed by atoms with Crippen molar-refractivity contribution in [1.82, 2.24) is 4.90 Å². The van der Waals surface area contributed by atoms with Crippen LogP contribution in [0.4, 0.5) is 0 Å². The van der Waals surface area contributed by atoms with Crippen LogP contribution in [0, 0.1) is 11.8 Å². The molecule has 1 aliphatic heterocycles. The zero-order valence-corrected chi connectivity index (χ0v) is 16.3. The van der Waals surface area contributed by atoms with Gasteiger partial charge in [0.1, 0.15) is 0 Å². The Labute approximate surface area is 157 Å². The molecule has 1 spiro atoms. The summed E-state index contributed by atoms with van der Waals surface area (Å²) in [7, 11) is 0. The van der Waals surface area contributed by atoms with E-state index in [9.17, 15) is 9.90 Å². The van der Waals surface area contributed by atoms with Gasteiger partial charge in [-0.05, 0) is 86.4 Å². The molecule has 1 heterocycles. The fourth-order valence-electron chi connectivity index (χ4n) is 6.04. The number of carboxylic acid groups (broad SMARTS) is 1. The highest BCUT2D eigenvalue weighted by Crippen LogP contribution is 2.52. The first-order valence-corrected chi connectivity index (χ1v) is 10.6. The summed E-state index contributed by atoms with van der Waals surface area (Å²) in [6.45, 7) is 7.01. The molecule has 0 bridgehead atoms. The molecule has 1 saturated heterocycles. The van der Waals surface area contributed by atoms with Crippen LogP contribution in [0.1, 0.15) is 75.8 Å². The molecule has 1 aromatic carbocycles. The third-order valence-electron chi connectivity index (χ3n) is 7.76. The highest BCUT2D eigenvalue weighted by atomic mass is 16.4. The van der Waals surface area contributed by atoms with Gasteiger partial charge in [0.25, 0.3) is 0 Å². The fourth-order valence-corrected chi connectivity index (χ4v) is 6.04. The smallest absolute Gasteiger partial charge is 0.311 e. The van der Waals surface area contributed by atoms with Crippen molar-refractivity contribution in [2.45, 2.75) is 76.2 Å². The van der Waals surface area contributed by atoms with Crippen LogP contribution in [0.15, 0.2) is 24.3 Å². The number of hydrogen-bond donors (Lipinski definition) is 1. The number of carbonyl (C=O) groups is 1. The molecular formula is C23H33NO2. The van der Waals surface area contributed by atoms with Crippen molar-refractivity contribution in [2.75, 3.05) is 13.1 Å². The number of aliphatic carboxylic acids is 1. The Kier molecular flexibility index (Phi) is 4.85. The standard InChI is InChI=1S/C23H33NO2/c1-16(2)17-7-9-18(10-8-17)24-13-11-23(12-14-24)15-20(22(25)26)19-5-3-4-6-21(19)23/h3-6,16-18,20H,7-15H2,1-2H3,(H,25,26). The van der Waals surface area contributed by atoms with Crippen LogP contribution in [0.5, 0.6) is 0 Å². The van der Waals surface area contributed by atoms with Crippen molar-refractivity contribution >= 4 is 5.97 Å². The van der Waals surface area contributed by atoms with E-state index in [1.54, 1.807) is 0 Å². The van der Waals surface area contributed by atoms with Gasteiger partial charge in [0, 0.05) is 6.04 Å². The normalized spacial score (nSPS) is 31.3. The van der Waals surface area contributed by atoms with Crippen molar-refractivity contribution in [3.63, 3.8) is 0 Å². The van der Waals surface area contributed by atoms with Crippen LogP contribution in [0.25, 0.3) is 0 Å². The summed E-state index contributed by atoms with van der Waals surface area (Å²) < 4.78 is 0. The Balaban J connectivity index is 1.43. The van der Waals surface area contributed by atoms with Crippen molar-refractivity contribution in [3.05, 3.63) is 35.4 Å². The largest absolute Gasteiger partial charge is 0.481 e. The molecule has 2 aliphatic carbocycles. The van der Waals surface area contributed by atoms with Gasteiger partial charge in [-0.1, -0.05) is 38.1 Å². The van der Waals surface area contributed by atoms with Crippen LogP contribution < -0.4 is 0 Å². The first kappa shape index (κ1) is 18.0. The van der Waals surface area contributed by atoms with Gasteiger partial charge >= 0.3 is 5.97 Å². The van der Waals surface area contributed by atoms with Gasteiger partial charge in [-0.15, -0.1) is 0 Å². The number of benzene rings is 1. The third-order valence-corrected chi connectivity index (χ3v) is 7.76. The quantitative estimate of drug-likeness (QED) is 0.846. The molecule has 4 rings (SSSR count). The number of fused-ring (bicyclic) bond motifs is 2. The molecular weight excluding hydrogens is 322 g/mol. The second-order valence-corrected chi connectivity index (χ2v) is 9.31. The summed E-state index contributed by atoms with van der Waals surface area (Å²) in [6, 6.07) is 9.08. The molecule has 3 heteroatoms. The van der Waals surface area contributed by atoms with E-state index in [0.29, 0.717) is 0 Å². The molecule has 1 aromatic rings. The predicted octanol–water partition coefficient (Wildman–Crippen LogP) is 4.81. The molecule has 3 aliphatic rings. The number of likely N-dealkylation sites (tertiary alicyclic amines) is 1. The molecule has 3 nitrogen and oxygen atoms in total. The summed E-state index contributed by atoms with van der Waals surface area (Å²) in [5, 5.41) is 9.69. The predicted molar refractivity (Wildman–Crippen MR) is 105 cm³/mol. The lowest BCUT2D eigenvalue weighted by Gasteiger charge is -2.45. The van der Waals surface area contributed by atoms with Gasteiger partial charge in [0.05, 0.1) is 5.92 Å². The highest BCUT2D eigenvalue weighted by Gasteiger charge is 2.48. The molecule has 1 N–H and O–H groups in total. The molecule has 142 valence electrons. The second kappa shape index (κ2) is 6.99. The molecule has 1 unspecified atom stereocenters. The van der Waals surface area contributed by atoms with E-state index >= 15 is 0 Å². The number of rotatable bonds is 3. The van der Waals surface area contributed by atoms with E-state index in [4.69, 9.17) is 0 Å². The van der Waals surface area contributed by atoms with E-state index in [1.165, 1.54) is 31.2 Å². The van der Waals surface area contributed by atoms with Gasteiger partial charge in [-0.3, -0.25) is 4.79 Å². The maximum atomic E-state index is 11.8. The zero-order valence-electron chi connectivity index (χ0n) is 16.3. The Morgan fingerprint density at radius 2 is 1.77 bits per heavy atom. The summed E-state index contributed by atoms with van der Waals surface area (Å²) in [5.74, 6) is 0.784. The van der Waals surface area contributed by atoms with Crippen LogP contribution in [-0.4, -0.2) is 35.1 Å². The minimum Gasteiger partial charge on any atom is -0.481 e. The summed E-state index contributed by atoms with van der Waals surface area (Å²) in [5.41, 5.74) is 2.51. The zero-order chi connectivity index (χ0) is 18.3. The monoisotopic (exact) mass is 355 g/mol. The molecule has 0 aromatic heterocycles. The summed E-state index contributed by atoms with van der Waals surface area (Å²) in [4.78, 5) is 14.5. The van der Waals surface area contributed by atoms with Crippen molar-refractivity contribution < 1.29 is 9.90 Å². The number of hydrogen-bond acceptors (Lipinski definition) is 2. The van der Waals surface area contributed by atoms with E-state index in [1.807, 2.05) is 12.1 Å². The minimum atomic E-state index is -0.649. The Bertz CT molecular complexity index is 652. The van der Waals surface area contributed by atoms with Crippen molar-refractivity contribution in [2.24, 2.45) is 11.8 Å². The topological polar surface area (TPSA) is 40.5 Å². The number of piperidine rings is 1. The maximum Gasteiger partial charge on any atom is 0.311 e. The molecule has 26 heavy (non-hydrogen) atoms. The third kappa shape index (κ3) is 3.09. The number of nitrogens with zero attached hydrogens (tertiary/aromatic N) is 1. The lowest BCUT2D eigenvalue weighted by Crippen LogP contribution is -2.47. The van der Waals surface area contributed by atoms with Gasteiger partial charge in [0.2, 0.25) is 0 Å². The second-order valence-electron chi connectivity index (χ2n) is 9.31. The average Bonchev–Trinajstić information content (AvgIpc) is 2.97.